The van der Waals surface area contributed by atoms with Crippen LogP contribution in [0, 0.1) is 34.5 Å². The van der Waals surface area contributed by atoms with Gasteiger partial charge in [0.1, 0.15) is 11.6 Å². The molecule has 5 aliphatic rings. The number of nitriles is 1. The Bertz CT molecular complexity index is 1200. The predicted octanol–water partition coefficient (Wildman–Crippen LogP) is 4.65. The predicted molar refractivity (Wildman–Crippen MR) is 158 cm³/mol. The summed E-state index contributed by atoms with van der Waals surface area (Å²) in [6.45, 7) is 11.7. The van der Waals surface area contributed by atoms with E-state index >= 15 is 0 Å². The fourth-order valence-corrected chi connectivity index (χ4v) is 7.71. The van der Waals surface area contributed by atoms with Gasteiger partial charge in [-0.15, -0.1) is 0 Å². The van der Waals surface area contributed by atoms with Gasteiger partial charge in [-0.25, -0.2) is 4.79 Å². The number of hydrogen-bond acceptors (Lipinski definition) is 5. The zero-order valence-electron chi connectivity index (χ0n) is 25.2. The van der Waals surface area contributed by atoms with Gasteiger partial charge in [0.15, 0.2) is 0 Å². The van der Waals surface area contributed by atoms with Gasteiger partial charge in [-0.3, -0.25) is 4.79 Å². The van der Waals surface area contributed by atoms with Crippen molar-refractivity contribution in [1.82, 2.24) is 15.5 Å². The molecule has 3 amide bonds. The number of urea groups is 1. The highest BCUT2D eigenvalue weighted by Gasteiger charge is 2.68. The number of amides is 3. The number of carbonyl (C=O) groups excluding carboxylic acids is 2. The lowest BCUT2D eigenvalue weighted by atomic mass is 9.43. The highest BCUT2D eigenvalue weighted by Crippen LogP contribution is 2.65. The second kappa shape index (κ2) is 11.8. The first-order valence-electron chi connectivity index (χ1n) is 15.4. The van der Waals surface area contributed by atoms with Crippen molar-refractivity contribution >= 4 is 19.1 Å². The van der Waals surface area contributed by atoms with E-state index < -0.39 is 7.12 Å². The summed E-state index contributed by atoms with van der Waals surface area (Å²) in [6.07, 6.45) is 7.14. The molecule has 2 bridgehead atoms. The van der Waals surface area contributed by atoms with E-state index in [9.17, 15) is 14.9 Å². The molecule has 0 unspecified atom stereocenters. The van der Waals surface area contributed by atoms with Crippen LogP contribution < -0.4 is 10.6 Å². The quantitative estimate of drug-likeness (QED) is 0.274. The summed E-state index contributed by atoms with van der Waals surface area (Å²) < 4.78 is 13.3. The fourth-order valence-electron chi connectivity index (χ4n) is 7.71. The minimum Gasteiger partial charge on any atom is -0.404 e. The van der Waals surface area contributed by atoms with Crippen LogP contribution in [0.15, 0.2) is 42.0 Å². The van der Waals surface area contributed by atoms with Crippen LogP contribution in [-0.4, -0.2) is 60.7 Å². The van der Waals surface area contributed by atoms with Crippen LogP contribution in [0.1, 0.15) is 72.3 Å². The van der Waals surface area contributed by atoms with E-state index in [-0.39, 0.29) is 52.5 Å². The SMILES string of the molecule is CC(C)C=C(C#N)C(=O)N1CCCC[C@@H]1CNC(=O)N[C@@H](Cc1ccccc1)B1O[C@@H]2C[C@@H]3C[C@@H](C3(C)C)[C@]2(C)O1. The second-order valence-electron chi connectivity index (χ2n) is 13.6. The molecule has 2 saturated heterocycles. The largest absolute Gasteiger partial charge is 0.482 e. The average Bonchev–Trinajstić information content (AvgIpc) is 3.32. The van der Waals surface area contributed by atoms with E-state index in [0.717, 1.165) is 31.2 Å². The van der Waals surface area contributed by atoms with Crippen molar-refractivity contribution in [2.75, 3.05) is 13.1 Å². The molecule has 1 aromatic carbocycles. The molecule has 5 fully saturated rings. The van der Waals surface area contributed by atoms with Crippen LogP contribution in [0.3, 0.4) is 0 Å². The van der Waals surface area contributed by atoms with E-state index in [1.807, 2.05) is 32.0 Å². The van der Waals surface area contributed by atoms with Crippen molar-refractivity contribution < 1.29 is 18.9 Å². The number of hydrogen-bond donors (Lipinski definition) is 2. The molecule has 2 heterocycles. The van der Waals surface area contributed by atoms with Crippen LogP contribution in [0.4, 0.5) is 4.79 Å². The topological polar surface area (TPSA) is 104 Å². The molecule has 41 heavy (non-hydrogen) atoms. The Hall–Kier alpha value is -2.83. The zero-order valence-corrected chi connectivity index (χ0v) is 25.2. The highest BCUT2D eigenvalue weighted by atomic mass is 16.7. The lowest BCUT2D eigenvalue weighted by Crippen LogP contribution is -2.65. The van der Waals surface area contributed by atoms with Crippen molar-refractivity contribution in [3.63, 3.8) is 0 Å². The number of likely N-dealkylation sites (tertiary alicyclic amines) is 1. The number of nitrogens with zero attached hydrogens (tertiary/aromatic N) is 2. The first-order valence-corrected chi connectivity index (χ1v) is 15.4. The van der Waals surface area contributed by atoms with Gasteiger partial charge in [0.25, 0.3) is 5.91 Å². The van der Waals surface area contributed by atoms with Crippen molar-refractivity contribution in [1.29, 1.82) is 5.26 Å². The van der Waals surface area contributed by atoms with Crippen molar-refractivity contribution in [3.8, 4) is 6.07 Å². The molecule has 2 N–H and O–H groups in total. The van der Waals surface area contributed by atoms with Gasteiger partial charge in [0, 0.05) is 19.1 Å². The Labute approximate surface area is 245 Å². The molecule has 1 aromatic rings. The van der Waals surface area contributed by atoms with Crippen molar-refractivity contribution in [2.24, 2.45) is 23.2 Å². The standard InChI is InChI=1S/C32H45BN4O4/c1-21(2)15-23(19-34)29(38)37-14-10-9-13-25(37)20-35-30(39)36-28(16-22-11-7-6-8-12-22)33-40-27-18-24-17-26(31(24,3)4)32(27,5)41-33/h6-8,11-12,15,21,24-28H,9-10,13-14,16-18,20H2,1-5H3,(H2,35,36,39)/t24-,25+,26-,27+,28-,32-/m0/s1. The maximum atomic E-state index is 13.3. The molecular formula is C32H45BN4O4. The van der Waals surface area contributed by atoms with Crippen LogP contribution in [0.2, 0.25) is 0 Å². The third kappa shape index (κ3) is 5.92. The highest BCUT2D eigenvalue weighted by molar-refractivity contribution is 6.48. The van der Waals surface area contributed by atoms with Crippen molar-refractivity contribution in [2.45, 2.75) is 96.8 Å². The van der Waals surface area contributed by atoms with E-state index in [1.165, 1.54) is 6.42 Å². The summed E-state index contributed by atoms with van der Waals surface area (Å²) >= 11 is 0. The summed E-state index contributed by atoms with van der Waals surface area (Å²) in [5.74, 6) is 0.566. The van der Waals surface area contributed by atoms with Gasteiger partial charge in [0.2, 0.25) is 0 Å². The number of benzene rings is 1. The number of nitrogens with one attached hydrogen (secondary N) is 2. The van der Waals surface area contributed by atoms with Crippen molar-refractivity contribution in [3.05, 3.63) is 47.5 Å². The number of carbonyl (C=O) groups is 2. The molecule has 0 radical (unpaired) electrons. The van der Waals surface area contributed by atoms with Gasteiger partial charge < -0.3 is 24.8 Å². The van der Waals surface area contributed by atoms with Gasteiger partial charge in [0.05, 0.1) is 17.6 Å². The summed E-state index contributed by atoms with van der Waals surface area (Å²) in [5, 5.41) is 15.8. The number of rotatable bonds is 8. The molecule has 220 valence electrons. The van der Waals surface area contributed by atoms with Crippen LogP contribution in [-0.2, 0) is 20.5 Å². The number of allylic oxidation sites excluding steroid dienone is 1. The van der Waals surface area contributed by atoms with E-state index in [4.69, 9.17) is 9.31 Å². The minimum atomic E-state index is -0.543. The van der Waals surface area contributed by atoms with Crippen LogP contribution in [0.5, 0.6) is 0 Å². The molecule has 8 nitrogen and oxygen atoms in total. The van der Waals surface area contributed by atoms with Gasteiger partial charge in [-0.2, -0.15) is 5.26 Å². The molecule has 0 spiro atoms. The van der Waals surface area contributed by atoms with Gasteiger partial charge in [-0.1, -0.05) is 64.1 Å². The molecule has 3 saturated carbocycles. The molecule has 2 aliphatic heterocycles. The van der Waals surface area contributed by atoms with Crippen LogP contribution in [0.25, 0.3) is 0 Å². The van der Waals surface area contributed by atoms with Gasteiger partial charge in [-0.05, 0) is 74.2 Å². The Morgan fingerprint density at radius 3 is 2.63 bits per heavy atom. The maximum absolute atomic E-state index is 13.3. The molecule has 3 aliphatic carbocycles. The lowest BCUT2D eigenvalue weighted by molar-refractivity contribution is -0.199. The monoisotopic (exact) mass is 560 g/mol. The first-order chi connectivity index (χ1) is 19.5. The molecule has 6 rings (SSSR count). The summed E-state index contributed by atoms with van der Waals surface area (Å²) in [5.41, 5.74) is 1.15. The zero-order chi connectivity index (χ0) is 29.4. The number of piperidine rings is 1. The second-order valence-corrected chi connectivity index (χ2v) is 13.6. The normalized spacial score (nSPS) is 31.1. The maximum Gasteiger partial charge on any atom is 0.482 e. The minimum absolute atomic E-state index is 0.0300. The molecule has 0 aromatic heterocycles. The summed E-state index contributed by atoms with van der Waals surface area (Å²) in [6, 6.07) is 11.7. The fraction of sp³-hybridized carbons (Fsp3) is 0.656. The average molecular weight is 561 g/mol. The van der Waals surface area contributed by atoms with E-state index in [2.05, 4.69) is 49.6 Å². The smallest absolute Gasteiger partial charge is 0.404 e. The lowest BCUT2D eigenvalue weighted by Gasteiger charge is -2.64. The summed E-state index contributed by atoms with van der Waals surface area (Å²) in [4.78, 5) is 28.3. The Morgan fingerprint density at radius 1 is 1.20 bits per heavy atom. The third-order valence-corrected chi connectivity index (χ3v) is 10.1. The molecule has 6 atom stereocenters. The molecular weight excluding hydrogens is 515 g/mol. The van der Waals surface area contributed by atoms with Crippen LogP contribution >= 0.6 is 0 Å². The molecule has 9 heteroatoms. The first kappa shape index (κ1) is 29.7. The summed E-state index contributed by atoms with van der Waals surface area (Å²) in [7, 11) is -0.543. The third-order valence-electron chi connectivity index (χ3n) is 10.1. The van der Waals surface area contributed by atoms with E-state index in [0.29, 0.717) is 31.3 Å². The van der Waals surface area contributed by atoms with E-state index in [1.54, 1.807) is 11.0 Å². The Balaban J connectivity index is 1.25. The Kier molecular flexibility index (Phi) is 8.55. The van der Waals surface area contributed by atoms with Gasteiger partial charge >= 0.3 is 13.1 Å². The Morgan fingerprint density at radius 2 is 1.95 bits per heavy atom.